The molecule has 2 rings (SSSR count). The van der Waals surface area contributed by atoms with E-state index in [9.17, 15) is 4.79 Å². The van der Waals surface area contributed by atoms with E-state index in [0.29, 0.717) is 17.3 Å². The van der Waals surface area contributed by atoms with E-state index in [1.807, 2.05) is 43.3 Å². The van der Waals surface area contributed by atoms with Crippen molar-refractivity contribution in [3.05, 3.63) is 64.7 Å². The smallest absolute Gasteiger partial charge is 0.261 e. The number of carbonyl (C=O) groups is 1. The highest BCUT2D eigenvalue weighted by Gasteiger charge is 2.14. The van der Waals surface area contributed by atoms with Crippen LogP contribution in [0, 0.1) is 6.92 Å². The Bertz CT molecular complexity index is 610. The van der Waals surface area contributed by atoms with Crippen LogP contribution in [0.25, 0.3) is 0 Å². The third kappa shape index (κ3) is 4.80. The van der Waals surface area contributed by atoms with Gasteiger partial charge in [0.05, 0.1) is 0 Å². The quantitative estimate of drug-likeness (QED) is 0.914. The molecule has 0 aliphatic rings. The van der Waals surface area contributed by atoms with Crippen molar-refractivity contribution >= 4 is 17.5 Å². The lowest BCUT2D eigenvalue weighted by Gasteiger charge is -2.15. The lowest BCUT2D eigenvalue weighted by molar-refractivity contribution is -0.127. The Morgan fingerprint density at radius 2 is 1.95 bits per heavy atom. The van der Waals surface area contributed by atoms with Gasteiger partial charge in [-0.15, -0.1) is 0 Å². The Labute approximate surface area is 129 Å². The largest absolute Gasteiger partial charge is 0.481 e. The van der Waals surface area contributed by atoms with Gasteiger partial charge in [0.1, 0.15) is 5.75 Å². The SMILES string of the molecule is Cc1cccc(O[C@@H](C)C(=O)NCc2ccc(Cl)cc2)c1. The fourth-order valence-electron chi connectivity index (χ4n) is 1.88. The van der Waals surface area contributed by atoms with E-state index in [2.05, 4.69) is 5.32 Å². The number of rotatable bonds is 5. The summed E-state index contributed by atoms with van der Waals surface area (Å²) in [6.45, 7) is 4.18. The lowest BCUT2D eigenvalue weighted by atomic mass is 10.2. The number of nitrogens with one attached hydrogen (secondary N) is 1. The average Bonchev–Trinajstić information content (AvgIpc) is 2.46. The van der Waals surface area contributed by atoms with E-state index in [1.54, 1.807) is 19.1 Å². The van der Waals surface area contributed by atoms with Crippen molar-refractivity contribution in [2.24, 2.45) is 0 Å². The molecule has 0 unspecified atom stereocenters. The Balaban J connectivity index is 1.86. The molecule has 4 heteroatoms. The maximum Gasteiger partial charge on any atom is 0.261 e. The highest BCUT2D eigenvalue weighted by atomic mass is 35.5. The van der Waals surface area contributed by atoms with Crippen molar-refractivity contribution in [3.63, 3.8) is 0 Å². The summed E-state index contributed by atoms with van der Waals surface area (Å²) in [5, 5.41) is 3.53. The molecule has 1 N–H and O–H groups in total. The molecule has 0 fully saturated rings. The molecular weight excluding hydrogens is 286 g/mol. The second kappa shape index (κ2) is 7.14. The number of hydrogen-bond acceptors (Lipinski definition) is 2. The second-order valence-corrected chi connectivity index (χ2v) is 5.36. The van der Waals surface area contributed by atoms with E-state index in [1.165, 1.54) is 0 Å². The van der Waals surface area contributed by atoms with Crippen molar-refractivity contribution in [1.82, 2.24) is 5.32 Å². The van der Waals surface area contributed by atoms with Crippen LogP contribution in [0.4, 0.5) is 0 Å². The molecule has 2 aromatic rings. The maximum absolute atomic E-state index is 12.0. The van der Waals surface area contributed by atoms with Crippen molar-refractivity contribution < 1.29 is 9.53 Å². The second-order valence-electron chi connectivity index (χ2n) is 4.92. The van der Waals surface area contributed by atoms with Gasteiger partial charge < -0.3 is 10.1 Å². The molecule has 1 atom stereocenters. The molecule has 0 aromatic heterocycles. The molecule has 0 heterocycles. The molecule has 0 aliphatic heterocycles. The number of ether oxygens (including phenoxy) is 1. The minimum Gasteiger partial charge on any atom is -0.481 e. The van der Waals surface area contributed by atoms with Crippen LogP contribution in [-0.4, -0.2) is 12.0 Å². The summed E-state index contributed by atoms with van der Waals surface area (Å²) in [5.41, 5.74) is 2.09. The standard InChI is InChI=1S/C17H18ClNO2/c1-12-4-3-5-16(10-12)21-13(2)17(20)19-11-14-6-8-15(18)9-7-14/h3-10,13H,11H2,1-2H3,(H,19,20)/t13-/m0/s1. The van der Waals surface area contributed by atoms with Gasteiger partial charge in [0, 0.05) is 11.6 Å². The number of carbonyl (C=O) groups excluding carboxylic acids is 1. The van der Waals surface area contributed by atoms with E-state index in [-0.39, 0.29) is 5.91 Å². The Morgan fingerprint density at radius 3 is 2.62 bits per heavy atom. The van der Waals surface area contributed by atoms with Gasteiger partial charge in [0.2, 0.25) is 0 Å². The number of halogens is 1. The van der Waals surface area contributed by atoms with Gasteiger partial charge in [0.15, 0.2) is 6.10 Å². The van der Waals surface area contributed by atoms with E-state index in [0.717, 1.165) is 11.1 Å². The predicted octanol–water partition coefficient (Wildman–Crippen LogP) is 3.73. The lowest BCUT2D eigenvalue weighted by Crippen LogP contribution is -2.35. The van der Waals surface area contributed by atoms with Crippen molar-refractivity contribution in [3.8, 4) is 5.75 Å². The minimum absolute atomic E-state index is 0.147. The first kappa shape index (κ1) is 15.4. The van der Waals surface area contributed by atoms with Gasteiger partial charge in [-0.05, 0) is 49.2 Å². The van der Waals surface area contributed by atoms with Crippen LogP contribution in [0.3, 0.4) is 0 Å². The van der Waals surface area contributed by atoms with Gasteiger partial charge in [-0.25, -0.2) is 0 Å². The molecule has 0 bridgehead atoms. The van der Waals surface area contributed by atoms with Crippen LogP contribution >= 0.6 is 11.6 Å². The molecule has 0 radical (unpaired) electrons. The van der Waals surface area contributed by atoms with E-state index < -0.39 is 6.10 Å². The first-order valence-corrected chi connectivity index (χ1v) is 7.18. The molecule has 1 amide bonds. The zero-order chi connectivity index (χ0) is 15.2. The molecule has 21 heavy (non-hydrogen) atoms. The zero-order valence-corrected chi connectivity index (χ0v) is 12.9. The van der Waals surface area contributed by atoms with Crippen LogP contribution in [-0.2, 0) is 11.3 Å². The molecular formula is C17H18ClNO2. The van der Waals surface area contributed by atoms with E-state index in [4.69, 9.17) is 16.3 Å². The summed E-state index contributed by atoms with van der Waals surface area (Å²) in [6, 6.07) is 15.0. The van der Waals surface area contributed by atoms with Crippen molar-refractivity contribution in [1.29, 1.82) is 0 Å². The third-order valence-electron chi connectivity index (χ3n) is 3.05. The summed E-state index contributed by atoms with van der Waals surface area (Å²) in [6.07, 6.45) is -0.542. The van der Waals surface area contributed by atoms with Crippen LogP contribution < -0.4 is 10.1 Å². The normalized spacial score (nSPS) is 11.8. The molecule has 110 valence electrons. The summed E-state index contributed by atoms with van der Waals surface area (Å²) in [5.74, 6) is 0.551. The van der Waals surface area contributed by atoms with Gasteiger partial charge in [-0.1, -0.05) is 35.9 Å². The fraction of sp³-hybridized carbons (Fsp3) is 0.235. The number of hydrogen-bond donors (Lipinski definition) is 1. The maximum atomic E-state index is 12.0. The summed E-state index contributed by atoms with van der Waals surface area (Å²) in [4.78, 5) is 12.0. The van der Waals surface area contributed by atoms with E-state index >= 15 is 0 Å². The molecule has 2 aromatic carbocycles. The summed E-state index contributed by atoms with van der Waals surface area (Å²) in [7, 11) is 0. The number of aryl methyl sites for hydroxylation is 1. The predicted molar refractivity (Wildman–Crippen MR) is 84.6 cm³/mol. The highest BCUT2D eigenvalue weighted by molar-refractivity contribution is 6.30. The summed E-state index contributed by atoms with van der Waals surface area (Å²) >= 11 is 5.82. The van der Waals surface area contributed by atoms with Crippen LogP contribution in [0.2, 0.25) is 5.02 Å². The Morgan fingerprint density at radius 1 is 1.24 bits per heavy atom. The van der Waals surface area contributed by atoms with Gasteiger partial charge >= 0.3 is 0 Å². The summed E-state index contributed by atoms with van der Waals surface area (Å²) < 4.78 is 5.63. The molecule has 0 saturated heterocycles. The van der Waals surface area contributed by atoms with Crippen molar-refractivity contribution in [2.45, 2.75) is 26.5 Å². The Hall–Kier alpha value is -2.00. The highest BCUT2D eigenvalue weighted by Crippen LogP contribution is 2.14. The zero-order valence-electron chi connectivity index (χ0n) is 12.1. The van der Waals surface area contributed by atoms with Gasteiger partial charge in [0.25, 0.3) is 5.91 Å². The fourth-order valence-corrected chi connectivity index (χ4v) is 2.01. The Kier molecular flexibility index (Phi) is 5.23. The van der Waals surface area contributed by atoms with Gasteiger partial charge in [-0.2, -0.15) is 0 Å². The number of benzene rings is 2. The third-order valence-corrected chi connectivity index (χ3v) is 3.30. The van der Waals surface area contributed by atoms with Gasteiger partial charge in [-0.3, -0.25) is 4.79 Å². The molecule has 0 aliphatic carbocycles. The molecule has 3 nitrogen and oxygen atoms in total. The van der Waals surface area contributed by atoms with Crippen LogP contribution in [0.15, 0.2) is 48.5 Å². The minimum atomic E-state index is -0.542. The number of amides is 1. The molecule has 0 spiro atoms. The first-order chi connectivity index (χ1) is 10.0. The van der Waals surface area contributed by atoms with Crippen molar-refractivity contribution in [2.75, 3.05) is 0 Å². The molecule has 0 saturated carbocycles. The monoisotopic (exact) mass is 303 g/mol. The van der Waals surface area contributed by atoms with Crippen LogP contribution in [0.1, 0.15) is 18.1 Å². The topological polar surface area (TPSA) is 38.3 Å². The first-order valence-electron chi connectivity index (χ1n) is 6.80. The van der Waals surface area contributed by atoms with Crippen LogP contribution in [0.5, 0.6) is 5.75 Å². The average molecular weight is 304 g/mol.